The SMILES string of the molecule is O=C(NCc1ccnc(OC2CCCCC2)c1)c1cc(F)c(F)c(F)c1. The Labute approximate surface area is 149 Å². The summed E-state index contributed by atoms with van der Waals surface area (Å²) in [5.41, 5.74) is 0.455. The van der Waals surface area contributed by atoms with E-state index >= 15 is 0 Å². The van der Waals surface area contributed by atoms with Gasteiger partial charge in [0, 0.05) is 24.4 Å². The van der Waals surface area contributed by atoms with Gasteiger partial charge in [0.15, 0.2) is 17.5 Å². The first-order chi connectivity index (χ1) is 12.5. The molecule has 4 nitrogen and oxygen atoms in total. The molecule has 7 heteroatoms. The van der Waals surface area contributed by atoms with Crippen molar-refractivity contribution in [3.63, 3.8) is 0 Å². The monoisotopic (exact) mass is 364 g/mol. The van der Waals surface area contributed by atoms with E-state index in [1.807, 2.05) is 0 Å². The molecule has 0 saturated heterocycles. The lowest BCUT2D eigenvalue weighted by Gasteiger charge is -2.22. The van der Waals surface area contributed by atoms with E-state index in [9.17, 15) is 18.0 Å². The van der Waals surface area contributed by atoms with Gasteiger partial charge in [0.2, 0.25) is 5.88 Å². The largest absolute Gasteiger partial charge is 0.474 e. The zero-order valence-corrected chi connectivity index (χ0v) is 14.1. The van der Waals surface area contributed by atoms with E-state index in [1.165, 1.54) is 6.42 Å². The number of hydrogen-bond donors (Lipinski definition) is 1. The minimum atomic E-state index is -1.60. The Morgan fingerprint density at radius 3 is 2.50 bits per heavy atom. The zero-order chi connectivity index (χ0) is 18.5. The molecule has 138 valence electrons. The lowest BCUT2D eigenvalue weighted by molar-refractivity contribution is 0.0949. The third-order valence-corrected chi connectivity index (χ3v) is 4.34. The number of benzene rings is 1. The average Bonchev–Trinajstić information content (AvgIpc) is 2.65. The Hall–Kier alpha value is -2.57. The Morgan fingerprint density at radius 1 is 1.12 bits per heavy atom. The van der Waals surface area contributed by atoms with Crippen LogP contribution in [-0.4, -0.2) is 17.0 Å². The van der Waals surface area contributed by atoms with Crippen LogP contribution in [0.3, 0.4) is 0 Å². The third kappa shape index (κ3) is 4.53. The molecule has 1 aliphatic rings. The Kier molecular flexibility index (Phi) is 5.75. The van der Waals surface area contributed by atoms with Gasteiger partial charge in [-0.3, -0.25) is 4.79 Å². The first-order valence-corrected chi connectivity index (χ1v) is 8.57. The Balaban J connectivity index is 1.60. The van der Waals surface area contributed by atoms with Crippen molar-refractivity contribution in [2.24, 2.45) is 0 Å². The van der Waals surface area contributed by atoms with Gasteiger partial charge in [0.05, 0.1) is 0 Å². The van der Waals surface area contributed by atoms with Crippen molar-refractivity contribution in [2.45, 2.75) is 44.8 Å². The molecule has 1 N–H and O–H groups in total. The molecule has 1 heterocycles. The average molecular weight is 364 g/mol. The van der Waals surface area contributed by atoms with Gasteiger partial charge in [-0.2, -0.15) is 0 Å². The van der Waals surface area contributed by atoms with E-state index in [-0.39, 0.29) is 18.2 Å². The summed E-state index contributed by atoms with van der Waals surface area (Å²) in [5.74, 6) is -4.61. The van der Waals surface area contributed by atoms with Crippen molar-refractivity contribution in [3.05, 3.63) is 59.0 Å². The van der Waals surface area contributed by atoms with E-state index in [0.29, 0.717) is 18.0 Å². The van der Waals surface area contributed by atoms with Gasteiger partial charge in [-0.15, -0.1) is 0 Å². The minimum absolute atomic E-state index is 0.128. The van der Waals surface area contributed by atoms with Gasteiger partial charge in [0.1, 0.15) is 6.10 Å². The second kappa shape index (κ2) is 8.21. The summed E-state index contributed by atoms with van der Waals surface area (Å²) in [6.45, 7) is 0.128. The molecule has 1 aromatic carbocycles. The lowest BCUT2D eigenvalue weighted by Crippen LogP contribution is -2.23. The number of carbonyl (C=O) groups excluding carboxylic acids is 1. The van der Waals surface area contributed by atoms with Crippen LogP contribution in [0.15, 0.2) is 30.5 Å². The summed E-state index contributed by atoms with van der Waals surface area (Å²) >= 11 is 0. The highest BCUT2D eigenvalue weighted by Crippen LogP contribution is 2.22. The van der Waals surface area contributed by atoms with Crippen molar-refractivity contribution in [1.29, 1.82) is 0 Å². The number of nitrogens with zero attached hydrogens (tertiary/aromatic N) is 1. The van der Waals surface area contributed by atoms with E-state index in [4.69, 9.17) is 4.74 Å². The van der Waals surface area contributed by atoms with Gasteiger partial charge in [-0.25, -0.2) is 18.2 Å². The molecular formula is C19H19F3N2O2. The maximum Gasteiger partial charge on any atom is 0.251 e. The zero-order valence-electron chi connectivity index (χ0n) is 14.1. The molecule has 26 heavy (non-hydrogen) atoms. The van der Waals surface area contributed by atoms with E-state index in [1.54, 1.807) is 18.3 Å². The second-order valence-electron chi connectivity index (χ2n) is 6.32. The lowest BCUT2D eigenvalue weighted by atomic mass is 9.98. The summed E-state index contributed by atoms with van der Waals surface area (Å²) in [5, 5.41) is 2.54. The van der Waals surface area contributed by atoms with Crippen molar-refractivity contribution in [3.8, 4) is 5.88 Å². The summed E-state index contributed by atoms with van der Waals surface area (Å²) in [6.07, 6.45) is 7.26. The highest BCUT2D eigenvalue weighted by molar-refractivity contribution is 5.94. The van der Waals surface area contributed by atoms with Crippen molar-refractivity contribution >= 4 is 5.91 Å². The molecule has 0 atom stereocenters. The standard InChI is InChI=1S/C19H19F3N2O2/c20-15-9-13(10-16(21)18(15)22)19(25)24-11-12-6-7-23-17(8-12)26-14-4-2-1-3-5-14/h6-10,14H,1-5,11H2,(H,24,25). The molecule has 1 amide bonds. The first kappa shape index (κ1) is 18.2. The number of aromatic nitrogens is 1. The predicted molar refractivity (Wildman–Crippen MR) is 89.2 cm³/mol. The molecule has 0 bridgehead atoms. The molecule has 0 aliphatic heterocycles. The number of carbonyl (C=O) groups is 1. The molecular weight excluding hydrogens is 345 g/mol. The highest BCUT2D eigenvalue weighted by Gasteiger charge is 2.16. The van der Waals surface area contributed by atoms with Crippen molar-refractivity contribution in [1.82, 2.24) is 10.3 Å². The Morgan fingerprint density at radius 2 is 1.81 bits per heavy atom. The van der Waals surface area contributed by atoms with Crippen LogP contribution in [0.2, 0.25) is 0 Å². The van der Waals surface area contributed by atoms with Crippen LogP contribution in [0.1, 0.15) is 48.0 Å². The second-order valence-corrected chi connectivity index (χ2v) is 6.32. The number of rotatable bonds is 5. The number of ether oxygens (including phenoxy) is 1. The summed E-state index contributed by atoms with van der Waals surface area (Å²) in [7, 11) is 0. The third-order valence-electron chi connectivity index (χ3n) is 4.34. The predicted octanol–water partition coefficient (Wildman–Crippen LogP) is 4.14. The topological polar surface area (TPSA) is 51.2 Å². The summed E-state index contributed by atoms with van der Waals surface area (Å²) in [6, 6.07) is 4.76. The molecule has 1 aromatic heterocycles. The van der Waals surface area contributed by atoms with Gasteiger partial charge >= 0.3 is 0 Å². The molecule has 3 rings (SSSR count). The summed E-state index contributed by atoms with van der Waals surface area (Å²) < 4.78 is 45.3. The van der Waals surface area contributed by atoms with E-state index in [0.717, 1.165) is 31.2 Å². The molecule has 1 saturated carbocycles. The molecule has 1 fully saturated rings. The fourth-order valence-electron chi connectivity index (χ4n) is 2.95. The first-order valence-electron chi connectivity index (χ1n) is 8.57. The smallest absolute Gasteiger partial charge is 0.251 e. The van der Waals surface area contributed by atoms with Crippen LogP contribution in [0, 0.1) is 17.5 Å². The fourth-order valence-corrected chi connectivity index (χ4v) is 2.95. The quantitative estimate of drug-likeness (QED) is 0.812. The van der Waals surface area contributed by atoms with E-state index in [2.05, 4.69) is 10.3 Å². The maximum atomic E-state index is 13.2. The molecule has 0 spiro atoms. The van der Waals surface area contributed by atoms with Gasteiger partial charge in [-0.05, 0) is 49.4 Å². The van der Waals surface area contributed by atoms with Crippen LogP contribution >= 0.6 is 0 Å². The van der Waals surface area contributed by atoms with Crippen LogP contribution in [0.4, 0.5) is 13.2 Å². The van der Waals surface area contributed by atoms with Gasteiger partial charge in [-0.1, -0.05) is 6.42 Å². The maximum absolute atomic E-state index is 13.2. The van der Waals surface area contributed by atoms with Gasteiger partial charge in [0.25, 0.3) is 5.91 Å². The molecule has 0 unspecified atom stereocenters. The molecule has 0 radical (unpaired) electrons. The summed E-state index contributed by atoms with van der Waals surface area (Å²) in [4.78, 5) is 16.2. The van der Waals surface area contributed by atoms with Crippen LogP contribution in [0.5, 0.6) is 5.88 Å². The Bertz CT molecular complexity index is 769. The molecule has 2 aromatic rings. The fraction of sp³-hybridized carbons (Fsp3) is 0.368. The van der Waals surface area contributed by atoms with Crippen molar-refractivity contribution < 1.29 is 22.7 Å². The normalized spacial score (nSPS) is 14.9. The number of halogens is 3. The van der Waals surface area contributed by atoms with E-state index < -0.39 is 23.4 Å². The van der Waals surface area contributed by atoms with Gasteiger partial charge < -0.3 is 10.1 Å². The van der Waals surface area contributed by atoms with Crippen LogP contribution in [-0.2, 0) is 6.54 Å². The number of nitrogens with one attached hydrogen (secondary N) is 1. The number of hydrogen-bond acceptors (Lipinski definition) is 3. The molecule has 1 aliphatic carbocycles. The van der Waals surface area contributed by atoms with Crippen molar-refractivity contribution in [2.75, 3.05) is 0 Å². The van der Waals surface area contributed by atoms with Crippen LogP contribution in [0.25, 0.3) is 0 Å². The highest BCUT2D eigenvalue weighted by atomic mass is 19.2. The minimum Gasteiger partial charge on any atom is -0.474 e. The van der Waals surface area contributed by atoms with Crippen LogP contribution < -0.4 is 10.1 Å². The number of amides is 1. The number of pyridine rings is 1.